The van der Waals surface area contributed by atoms with Crippen LogP contribution in [-0.2, 0) is 0 Å². The Morgan fingerprint density at radius 1 is 0.560 bits per heavy atom. The highest BCUT2D eigenvalue weighted by Gasteiger charge is 2.16. The van der Waals surface area contributed by atoms with Crippen LogP contribution in [0.5, 0.6) is 0 Å². The van der Waals surface area contributed by atoms with Gasteiger partial charge in [-0.25, -0.2) is 0 Å². The molecular weight excluding hydrogens is 611 g/mol. The van der Waals surface area contributed by atoms with E-state index in [2.05, 4.69) is 121 Å². The molecule has 2 heterocycles. The predicted molar refractivity (Wildman–Crippen MR) is 217 cm³/mol. The minimum Gasteiger partial charge on any atom is -0.456 e. The summed E-state index contributed by atoms with van der Waals surface area (Å²) < 4.78 is 12.7. The van der Waals surface area contributed by atoms with Crippen LogP contribution in [0.3, 0.4) is 0 Å². The molecule has 3 nitrogen and oxygen atoms in total. The summed E-state index contributed by atoms with van der Waals surface area (Å²) in [5.41, 5.74) is 7.86. The molecule has 0 aliphatic carbocycles. The lowest BCUT2D eigenvalue weighted by Gasteiger charge is -2.11. The van der Waals surface area contributed by atoms with Crippen LogP contribution in [-0.4, -0.2) is 0 Å². The van der Waals surface area contributed by atoms with E-state index in [-0.39, 0.29) is 0 Å². The van der Waals surface area contributed by atoms with E-state index in [1.165, 1.54) is 27.3 Å². The van der Waals surface area contributed by atoms with Gasteiger partial charge in [-0.3, -0.25) is 0 Å². The van der Waals surface area contributed by atoms with Gasteiger partial charge in [-0.1, -0.05) is 154 Å². The van der Waals surface area contributed by atoms with Gasteiger partial charge in [-0.05, 0) is 58.5 Å². The van der Waals surface area contributed by atoms with Gasteiger partial charge in [0.2, 0.25) is 0 Å². The summed E-state index contributed by atoms with van der Waals surface area (Å²) in [7, 11) is 0. The number of furan rings is 2. The van der Waals surface area contributed by atoms with E-state index < -0.39 is 0 Å². The molecule has 2 aromatic heterocycles. The summed E-state index contributed by atoms with van der Waals surface area (Å²) in [6.07, 6.45) is 7.93. The van der Waals surface area contributed by atoms with Crippen LogP contribution >= 0.6 is 0 Å². The topological polar surface area (TPSA) is 38.3 Å². The smallest absolute Gasteiger partial charge is 0.158 e. The van der Waals surface area contributed by atoms with E-state index in [1.54, 1.807) is 0 Å². The molecule has 1 N–H and O–H groups in total. The number of nitrogens with one attached hydrogen (secondary N) is 1. The molecule has 0 aliphatic rings. The lowest BCUT2D eigenvalue weighted by Crippen LogP contribution is -1.92. The number of hydrogen-bond donors (Lipinski definition) is 1. The Kier molecular flexibility index (Phi) is 9.30. The standard InChI is InChI=1S/C32H19NO2.C13H14.C2H6/c1-2-9-20-17-29-25(16-19(20)8-1)31-23-12-4-3-10-21(23)27(18-30(31)34-29)33-26-14-7-13-24-22-11-5-6-15-28(22)35-32(24)26;1-3-8-12(9-4-2)13-10-6-5-7-11-13;1-2/h1-18,33H;3-11H,1H2,2H3;1-2H3/b;9-4-,12-8+;. The number of fused-ring (bicyclic) bond motifs is 9. The van der Waals surface area contributed by atoms with Gasteiger partial charge in [-0.15, -0.1) is 0 Å². The van der Waals surface area contributed by atoms with Gasteiger partial charge in [0, 0.05) is 33.0 Å². The van der Waals surface area contributed by atoms with E-state index in [0.717, 1.165) is 60.6 Å². The lowest BCUT2D eigenvalue weighted by atomic mass is 10.0. The summed E-state index contributed by atoms with van der Waals surface area (Å²) in [4.78, 5) is 0. The highest BCUT2D eigenvalue weighted by molar-refractivity contribution is 6.23. The largest absolute Gasteiger partial charge is 0.456 e. The zero-order valence-corrected chi connectivity index (χ0v) is 28.6. The van der Waals surface area contributed by atoms with Crippen LogP contribution in [0.1, 0.15) is 26.3 Å². The molecule has 0 radical (unpaired) electrons. The maximum absolute atomic E-state index is 6.42. The van der Waals surface area contributed by atoms with E-state index in [0.29, 0.717) is 0 Å². The number of benzene rings is 7. The Balaban J connectivity index is 0.000000222. The second-order valence-corrected chi connectivity index (χ2v) is 11.8. The fourth-order valence-corrected chi connectivity index (χ4v) is 6.60. The van der Waals surface area contributed by atoms with Gasteiger partial charge >= 0.3 is 0 Å². The monoisotopic (exact) mass is 649 g/mol. The van der Waals surface area contributed by atoms with Crippen molar-refractivity contribution in [3.05, 3.63) is 176 Å². The number of hydrogen-bond acceptors (Lipinski definition) is 3. The van der Waals surface area contributed by atoms with Crippen LogP contribution in [0.25, 0.3) is 71.0 Å². The molecule has 0 atom stereocenters. The normalized spacial score (nSPS) is 11.6. The Morgan fingerprint density at radius 3 is 1.98 bits per heavy atom. The molecule has 0 bridgehead atoms. The summed E-state index contributed by atoms with van der Waals surface area (Å²) in [6, 6.07) is 48.1. The number of para-hydroxylation sites is 2. The van der Waals surface area contributed by atoms with Crippen molar-refractivity contribution in [2.24, 2.45) is 0 Å². The molecule has 3 heteroatoms. The first-order chi connectivity index (χ1) is 24.7. The van der Waals surface area contributed by atoms with Gasteiger partial charge in [0.05, 0.1) is 11.4 Å². The van der Waals surface area contributed by atoms with Crippen molar-refractivity contribution in [1.82, 2.24) is 0 Å². The fourth-order valence-electron chi connectivity index (χ4n) is 6.60. The number of anilines is 2. The van der Waals surface area contributed by atoms with Crippen LogP contribution in [0.15, 0.2) is 179 Å². The molecule has 0 fully saturated rings. The minimum atomic E-state index is 0.855. The van der Waals surface area contributed by atoms with Gasteiger partial charge in [0.15, 0.2) is 5.58 Å². The van der Waals surface area contributed by atoms with Gasteiger partial charge in [0.25, 0.3) is 0 Å². The van der Waals surface area contributed by atoms with Crippen molar-refractivity contribution in [2.45, 2.75) is 20.8 Å². The maximum atomic E-state index is 6.42. The first-order valence-corrected chi connectivity index (χ1v) is 17.2. The maximum Gasteiger partial charge on any atom is 0.158 e. The van der Waals surface area contributed by atoms with Crippen LogP contribution < -0.4 is 5.32 Å². The third-order valence-electron chi connectivity index (χ3n) is 8.77. The van der Waals surface area contributed by atoms with Crippen molar-refractivity contribution in [2.75, 3.05) is 5.32 Å². The summed E-state index contributed by atoms with van der Waals surface area (Å²) in [5, 5.41) is 12.9. The van der Waals surface area contributed by atoms with E-state index in [4.69, 9.17) is 8.83 Å². The molecule has 0 saturated carbocycles. The third kappa shape index (κ3) is 6.06. The Bertz CT molecular complexity index is 2670. The average Bonchev–Trinajstić information content (AvgIpc) is 3.74. The van der Waals surface area contributed by atoms with Crippen molar-refractivity contribution in [3.63, 3.8) is 0 Å². The van der Waals surface area contributed by atoms with E-state index in [1.807, 2.05) is 75.4 Å². The molecule has 0 unspecified atom stereocenters. The second-order valence-electron chi connectivity index (χ2n) is 11.8. The van der Waals surface area contributed by atoms with Crippen LogP contribution in [0.4, 0.5) is 11.4 Å². The first kappa shape index (κ1) is 32.2. The SMILES string of the molecule is C=C/C=C(\C=C/C)c1ccccc1.CC.c1ccc2cc3c(cc2c1)oc1cc(Nc2cccc4c2oc2ccccc24)c2ccccc2c13. The van der Waals surface area contributed by atoms with Gasteiger partial charge < -0.3 is 14.2 Å². The molecule has 0 spiro atoms. The molecular formula is C47H39NO2. The molecule has 244 valence electrons. The van der Waals surface area contributed by atoms with Gasteiger partial charge in [-0.2, -0.15) is 0 Å². The Hall–Kier alpha value is -6.32. The number of rotatable bonds is 5. The molecule has 50 heavy (non-hydrogen) atoms. The summed E-state index contributed by atoms with van der Waals surface area (Å²) in [6.45, 7) is 9.71. The van der Waals surface area contributed by atoms with Gasteiger partial charge in [0.1, 0.15) is 16.7 Å². The highest BCUT2D eigenvalue weighted by atomic mass is 16.3. The van der Waals surface area contributed by atoms with Crippen molar-refractivity contribution < 1.29 is 8.83 Å². The zero-order chi connectivity index (χ0) is 34.5. The van der Waals surface area contributed by atoms with Crippen molar-refractivity contribution in [3.8, 4) is 0 Å². The number of allylic oxidation sites excluding steroid dienone is 5. The second kappa shape index (κ2) is 14.4. The molecule has 9 aromatic rings. The molecule has 7 aromatic carbocycles. The average molecular weight is 650 g/mol. The molecule has 9 rings (SSSR count). The highest BCUT2D eigenvalue weighted by Crippen LogP contribution is 2.42. The van der Waals surface area contributed by atoms with E-state index >= 15 is 0 Å². The molecule has 0 amide bonds. The summed E-state index contributed by atoms with van der Waals surface area (Å²) >= 11 is 0. The van der Waals surface area contributed by atoms with Crippen LogP contribution in [0.2, 0.25) is 0 Å². The Labute approximate surface area is 292 Å². The lowest BCUT2D eigenvalue weighted by molar-refractivity contribution is 0.669. The molecule has 0 saturated heterocycles. The quantitative estimate of drug-likeness (QED) is 0.189. The predicted octanol–water partition coefficient (Wildman–Crippen LogP) is 14.4. The zero-order valence-electron chi connectivity index (χ0n) is 28.6. The Morgan fingerprint density at radius 2 is 1.22 bits per heavy atom. The molecule has 0 aliphatic heterocycles. The third-order valence-corrected chi connectivity index (χ3v) is 8.77. The fraction of sp³-hybridized carbons (Fsp3) is 0.0638. The minimum absolute atomic E-state index is 0.855. The van der Waals surface area contributed by atoms with Crippen molar-refractivity contribution >= 4 is 82.4 Å². The van der Waals surface area contributed by atoms with Crippen LogP contribution in [0, 0.1) is 0 Å². The first-order valence-electron chi connectivity index (χ1n) is 17.2. The van der Waals surface area contributed by atoms with Crippen molar-refractivity contribution in [1.29, 1.82) is 0 Å². The summed E-state index contributed by atoms with van der Waals surface area (Å²) in [5.74, 6) is 0. The van der Waals surface area contributed by atoms with E-state index in [9.17, 15) is 0 Å².